The second-order valence-corrected chi connectivity index (χ2v) is 12.7. The number of hydrogen-bond donors (Lipinski definition) is 0. The van der Waals surface area contributed by atoms with Crippen molar-refractivity contribution >= 4 is 12.2 Å². The number of aromatic nitrogens is 2. The topological polar surface area (TPSA) is 76.9 Å². The summed E-state index contributed by atoms with van der Waals surface area (Å²) in [6.45, 7) is 15.5. The molecule has 1 unspecified atom stereocenters. The Morgan fingerprint density at radius 1 is 0.921 bits per heavy atom. The summed E-state index contributed by atoms with van der Waals surface area (Å²) in [5.74, 6) is -0.0132. The van der Waals surface area contributed by atoms with Crippen LogP contribution in [0, 0.1) is 0 Å². The van der Waals surface area contributed by atoms with E-state index >= 15 is 0 Å². The molecule has 0 spiro atoms. The molecule has 1 amide bonds. The number of hydrogen-bond acceptors (Lipinski definition) is 6. The van der Waals surface area contributed by atoms with Crippen LogP contribution in [0.15, 0.2) is 30.5 Å². The fourth-order valence-corrected chi connectivity index (χ4v) is 5.22. The van der Waals surface area contributed by atoms with E-state index in [0.717, 1.165) is 49.3 Å². The van der Waals surface area contributed by atoms with E-state index in [0.29, 0.717) is 13.1 Å². The molecule has 8 heteroatoms. The minimum absolute atomic E-state index is 0.0132. The number of ether oxygens (including phenoxy) is 2. The summed E-state index contributed by atoms with van der Waals surface area (Å²) in [6.07, 6.45) is 6.52. The molecule has 2 aliphatic heterocycles. The summed E-state index contributed by atoms with van der Waals surface area (Å²) in [5.41, 5.74) is 2.82. The Labute approximate surface area is 227 Å². The summed E-state index contributed by atoms with van der Waals surface area (Å²) in [6, 6.07) is 8.54. The van der Waals surface area contributed by atoms with E-state index in [-0.39, 0.29) is 12.0 Å². The molecule has 0 radical (unpaired) electrons. The van der Waals surface area contributed by atoms with E-state index in [1.54, 1.807) is 11.1 Å². The van der Waals surface area contributed by atoms with Crippen LogP contribution < -0.4 is 0 Å². The average Bonchev–Trinajstić information content (AvgIpc) is 3.29. The zero-order valence-corrected chi connectivity index (χ0v) is 24.0. The predicted molar refractivity (Wildman–Crippen MR) is 148 cm³/mol. The maximum absolute atomic E-state index is 13.0. The fraction of sp³-hybridized carbons (Fsp3) is 0.633. The lowest BCUT2D eigenvalue weighted by Gasteiger charge is -2.34. The van der Waals surface area contributed by atoms with Crippen molar-refractivity contribution in [3.05, 3.63) is 41.7 Å². The number of amides is 1. The van der Waals surface area contributed by atoms with E-state index < -0.39 is 17.3 Å². The molecule has 0 N–H and O–H groups in total. The zero-order valence-electron chi connectivity index (χ0n) is 24.0. The van der Waals surface area contributed by atoms with Crippen molar-refractivity contribution in [3.8, 4) is 11.1 Å². The van der Waals surface area contributed by atoms with Crippen molar-refractivity contribution in [1.82, 2.24) is 19.6 Å². The van der Waals surface area contributed by atoms with Gasteiger partial charge >= 0.3 is 12.2 Å². The van der Waals surface area contributed by atoms with Gasteiger partial charge in [-0.3, -0.25) is 4.90 Å². The van der Waals surface area contributed by atoms with Crippen LogP contribution >= 0.6 is 0 Å². The van der Waals surface area contributed by atoms with E-state index in [1.807, 2.05) is 41.5 Å². The Bertz CT molecular complexity index is 1120. The minimum atomic E-state index is -0.629. The molecule has 2 saturated heterocycles. The van der Waals surface area contributed by atoms with Gasteiger partial charge in [-0.1, -0.05) is 24.6 Å². The summed E-state index contributed by atoms with van der Waals surface area (Å²) in [5, 5.41) is 4.76. The quantitative estimate of drug-likeness (QED) is 0.458. The number of carbonyl (C=O) groups is 2. The van der Waals surface area contributed by atoms with Crippen LogP contribution in [-0.2, 0) is 16.0 Å². The van der Waals surface area contributed by atoms with Crippen molar-refractivity contribution in [2.75, 3.05) is 26.2 Å². The lowest BCUT2D eigenvalue weighted by Crippen LogP contribution is -2.42. The van der Waals surface area contributed by atoms with Crippen molar-refractivity contribution < 1.29 is 19.1 Å². The minimum Gasteiger partial charge on any atom is -0.444 e. The second kappa shape index (κ2) is 11.5. The number of carbonyl (C=O) groups excluding carboxylic acids is 2. The summed E-state index contributed by atoms with van der Waals surface area (Å²) in [4.78, 5) is 30.1. The predicted octanol–water partition coefficient (Wildman–Crippen LogP) is 6.43. The lowest BCUT2D eigenvalue weighted by molar-refractivity contribution is 0.0196. The first-order chi connectivity index (χ1) is 17.9. The first-order valence-corrected chi connectivity index (χ1v) is 14.0. The van der Waals surface area contributed by atoms with Gasteiger partial charge in [-0.15, -0.1) is 0 Å². The van der Waals surface area contributed by atoms with Gasteiger partial charge in [-0.2, -0.15) is 9.78 Å². The molecule has 2 aliphatic rings. The van der Waals surface area contributed by atoms with Gasteiger partial charge in [0.25, 0.3) is 0 Å². The first-order valence-electron chi connectivity index (χ1n) is 14.0. The van der Waals surface area contributed by atoms with Crippen LogP contribution in [0.3, 0.4) is 0 Å². The number of piperidine rings is 2. The van der Waals surface area contributed by atoms with Gasteiger partial charge in [-0.25, -0.2) is 9.59 Å². The number of nitrogens with zero attached hydrogens (tertiary/aromatic N) is 4. The lowest BCUT2D eigenvalue weighted by atomic mass is 9.90. The number of rotatable bonds is 4. The third-order valence-corrected chi connectivity index (χ3v) is 6.88. The molecule has 0 aliphatic carbocycles. The molecule has 1 atom stereocenters. The number of benzene rings is 1. The largest absolute Gasteiger partial charge is 0.444 e. The highest BCUT2D eigenvalue weighted by Crippen LogP contribution is 2.35. The molecule has 2 aromatic rings. The SMILES string of the molecule is CC(C)(C)OC(=O)N1CCCC(c2nn(C(=O)OC(C)(C)C)cc2-c2cccc(CN3CCCCC3)c2)C1. The van der Waals surface area contributed by atoms with Gasteiger partial charge in [0.05, 0.1) is 5.69 Å². The smallest absolute Gasteiger partial charge is 0.435 e. The normalized spacial score (nSPS) is 19.3. The van der Waals surface area contributed by atoms with E-state index in [1.165, 1.54) is 29.5 Å². The Morgan fingerprint density at radius 2 is 1.61 bits per heavy atom. The Hall–Kier alpha value is -2.87. The standard InChI is InChI=1S/C30H44N4O4/c1-29(2,3)37-27(35)33-17-11-14-24(20-33)26-25(21-34(31-26)28(36)38-30(4,5)6)23-13-10-12-22(18-23)19-32-15-8-7-9-16-32/h10,12-13,18,21,24H,7-9,11,14-17,19-20H2,1-6H3. The zero-order chi connectivity index (χ0) is 27.5. The molecule has 208 valence electrons. The highest BCUT2D eigenvalue weighted by Gasteiger charge is 2.32. The molecule has 1 aromatic heterocycles. The Kier molecular flexibility index (Phi) is 8.50. The maximum Gasteiger partial charge on any atom is 0.435 e. The first kappa shape index (κ1) is 28.1. The molecule has 0 saturated carbocycles. The molecule has 0 bridgehead atoms. The highest BCUT2D eigenvalue weighted by molar-refractivity contribution is 5.75. The van der Waals surface area contributed by atoms with Crippen molar-refractivity contribution in [3.63, 3.8) is 0 Å². The van der Waals surface area contributed by atoms with Gasteiger partial charge in [0.1, 0.15) is 11.2 Å². The molecular weight excluding hydrogens is 480 g/mol. The second-order valence-electron chi connectivity index (χ2n) is 12.7. The molecule has 38 heavy (non-hydrogen) atoms. The third kappa shape index (κ3) is 7.59. The summed E-state index contributed by atoms with van der Waals surface area (Å²) in [7, 11) is 0. The van der Waals surface area contributed by atoms with Crippen molar-refractivity contribution in [1.29, 1.82) is 0 Å². The van der Waals surface area contributed by atoms with Gasteiger partial charge in [0, 0.05) is 37.3 Å². The third-order valence-electron chi connectivity index (χ3n) is 6.88. The van der Waals surface area contributed by atoms with Gasteiger partial charge < -0.3 is 14.4 Å². The molecule has 3 heterocycles. The number of likely N-dealkylation sites (tertiary alicyclic amines) is 2. The monoisotopic (exact) mass is 524 g/mol. The molecule has 8 nitrogen and oxygen atoms in total. The van der Waals surface area contributed by atoms with Crippen LogP contribution in [-0.4, -0.2) is 69.1 Å². The molecule has 2 fully saturated rings. The molecular formula is C30H44N4O4. The van der Waals surface area contributed by atoms with Crippen LogP contribution in [0.4, 0.5) is 9.59 Å². The average molecular weight is 525 g/mol. The highest BCUT2D eigenvalue weighted by atomic mass is 16.6. The maximum atomic E-state index is 13.0. The van der Waals surface area contributed by atoms with E-state index in [2.05, 4.69) is 29.2 Å². The van der Waals surface area contributed by atoms with Crippen LogP contribution in [0.2, 0.25) is 0 Å². The van der Waals surface area contributed by atoms with Gasteiger partial charge in [0.2, 0.25) is 0 Å². The molecule has 4 rings (SSSR count). The Morgan fingerprint density at radius 3 is 2.29 bits per heavy atom. The van der Waals surface area contributed by atoms with Crippen LogP contribution in [0.25, 0.3) is 11.1 Å². The van der Waals surface area contributed by atoms with Gasteiger partial charge in [0.15, 0.2) is 0 Å². The van der Waals surface area contributed by atoms with Crippen molar-refractivity contribution in [2.24, 2.45) is 0 Å². The summed E-state index contributed by atoms with van der Waals surface area (Å²) < 4.78 is 12.6. The van der Waals surface area contributed by atoms with E-state index in [9.17, 15) is 9.59 Å². The van der Waals surface area contributed by atoms with E-state index in [4.69, 9.17) is 14.6 Å². The van der Waals surface area contributed by atoms with Crippen LogP contribution in [0.5, 0.6) is 0 Å². The van der Waals surface area contributed by atoms with Gasteiger partial charge in [-0.05, 0) is 97.5 Å². The van der Waals surface area contributed by atoms with Crippen molar-refractivity contribution in [2.45, 2.75) is 97.3 Å². The van der Waals surface area contributed by atoms with Crippen LogP contribution in [0.1, 0.15) is 90.8 Å². The Balaban J connectivity index is 1.64. The fourth-order valence-electron chi connectivity index (χ4n) is 5.22. The summed E-state index contributed by atoms with van der Waals surface area (Å²) >= 11 is 0. The molecule has 1 aromatic carbocycles.